The Hall–Kier alpha value is -3.51. The molecule has 5 atom stereocenters. The van der Waals surface area contributed by atoms with E-state index in [1.165, 1.54) is 26.2 Å². The van der Waals surface area contributed by atoms with Crippen molar-refractivity contribution in [3.8, 4) is 11.5 Å². The Kier molecular flexibility index (Phi) is 9.22. The number of carboxylic acid groups (broad SMARTS) is 2. The molecule has 0 aliphatic carbocycles. The zero-order chi connectivity index (χ0) is 31.9. The minimum Gasteiger partial charge on any atom is -0.493 e. The highest BCUT2D eigenvalue weighted by molar-refractivity contribution is 6.30. The van der Waals surface area contributed by atoms with E-state index in [1.807, 2.05) is 20.8 Å². The summed E-state index contributed by atoms with van der Waals surface area (Å²) in [4.78, 5) is 52.7. The molecule has 2 unspecified atom stereocenters. The van der Waals surface area contributed by atoms with Crippen molar-refractivity contribution < 1.29 is 43.6 Å². The number of piperidine rings is 1. The minimum absolute atomic E-state index is 0.0301. The molecule has 2 aromatic carbocycles. The van der Waals surface area contributed by atoms with Crippen molar-refractivity contribution in [1.82, 2.24) is 9.60 Å². The van der Waals surface area contributed by atoms with Crippen LogP contribution in [0.15, 0.2) is 36.4 Å². The molecule has 1 amide bonds. The highest BCUT2D eigenvalue weighted by Crippen LogP contribution is 2.49. The van der Waals surface area contributed by atoms with Gasteiger partial charge in [-0.1, -0.05) is 44.5 Å². The number of nitrogens with zero attached hydrogens (tertiary/aromatic N) is 2. The highest BCUT2D eigenvalue weighted by Gasteiger charge is 2.61. The standard InChI is InChI=1S/C31H37ClN2O9/c1-17(35)25-19(29(37)38)12-13-33(26(25)30(39)40)34(16-31(2,3)4)22-11-10-18(32)14-21(22)27(43-15-24(34)36)20-8-7-9-23(41-5)28(20)42-6/h7-11,14,19,25-27H,12-13,15-16H2,1-6H3,(H-,37,38,39,40)/p+1/t19-,25+,26+,27?,34?/m1/s1. The zero-order valence-electron chi connectivity index (χ0n) is 25.1. The van der Waals surface area contributed by atoms with Crippen molar-refractivity contribution in [3.63, 3.8) is 0 Å². The second-order valence-electron chi connectivity index (χ2n) is 12.2. The lowest BCUT2D eigenvalue weighted by molar-refractivity contribution is -0.184. The molecule has 1 saturated heterocycles. The lowest BCUT2D eigenvalue weighted by Crippen LogP contribution is -2.75. The first-order valence-corrected chi connectivity index (χ1v) is 14.3. The van der Waals surface area contributed by atoms with Crippen LogP contribution in [0.25, 0.3) is 0 Å². The number of rotatable bonds is 8. The average molecular weight is 618 g/mol. The van der Waals surface area contributed by atoms with Crippen LogP contribution in [0.5, 0.6) is 11.5 Å². The number of amides is 1. The number of ether oxygens (including phenoxy) is 3. The SMILES string of the molecule is COc1cccc(C2OCC(=O)[N+](CC(C)(C)C)(N3CC[C@@H](C(=O)O)[C@H](C(C)=O)[C@H]3C(=O)O)c3ccc(Cl)cc32)c1OC. The summed E-state index contributed by atoms with van der Waals surface area (Å²) in [6, 6.07) is 8.66. The Morgan fingerprint density at radius 3 is 2.33 bits per heavy atom. The van der Waals surface area contributed by atoms with Crippen molar-refractivity contribution in [1.29, 1.82) is 0 Å². The molecule has 232 valence electrons. The predicted molar refractivity (Wildman–Crippen MR) is 158 cm³/mol. The van der Waals surface area contributed by atoms with Crippen molar-refractivity contribution >= 4 is 40.9 Å². The van der Waals surface area contributed by atoms with E-state index >= 15 is 0 Å². The third-order valence-corrected chi connectivity index (χ3v) is 8.35. The lowest BCUT2D eigenvalue weighted by atomic mass is 9.77. The van der Waals surface area contributed by atoms with Gasteiger partial charge in [0.15, 0.2) is 29.8 Å². The van der Waals surface area contributed by atoms with Crippen molar-refractivity contribution in [2.75, 3.05) is 33.9 Å². The molecular weight excluding hydrogens is 580 g/mol. The van der Waals surface area contributed by atoms with Gasteiger partial charge >= 0.3 is 17.8 Å². The van der Waals surface area contributed by atoms with E-state index in [0.717, 1.165) is 0 Å². The molecule has 2 aliphatic rings. The molecule has 1 fully saturated rings. The summed E-state index contributed by atoms with van der Waals surface area (Å²) in [6.45, 7) is 6.56. The Morgan fingerprint density at radius 1 is 1.07 bits per heavy atom. The number of carbonyl (C=O) groups excluding carboxylic acids is 2. The van der Waals surface area contributed by atoms with Crippen LogP contribution in [-0.2, 0) is 23.9 Å². The molecule has 43 heavy (non-hydrogen) atoms. The number of methoxy groups -OCH3 is 2. The quantitative estimate of drug-likeness (QED) is 0.411. The molecule has 2 N–H and O–H groups in total. The van der Waals surface area contributed by atoms with Crippen molar-refractivity contribution in [2.24, 2.45) is 17.3 Å². The first-order chi connectivity index (χ1) is 20.2. The van der Waals surface area contributed by atoms with Gasteiger partial charge in [-0.25, -0.2) is 4.79 Å². The molecule has 2 aliphatic heterocycles. The first kappa shape index (κ1) is 32.4. The number of para-hydroxylation sites is 1. The molecule has 0 saturated carbocycles. The van der Waals surface area contributed by atoms with Crippen LogP contribution in [0.2, 0.25) is 5.02 Å². The van der Waals surface area contributed by atoms with E-state index in [9.17, 15) is 29.4 Å². The third kappa shape index (κ3) is 5.86. The van der Waals surface area contributed by atoms with Gasteiger partial charge < -0.3 is 24.4 Å². The Balaban J connectivity index is 2.06. The molecular formula is C31H38ClN2O9+. The summed E-state index contributed by atoms with van der Waals surface area (Å²) in [5, 5.41) is 22.4. The molecule has 2 heterocycles. The highest BCUT2D eigenvalue weighted by atomic mass is 35.5. The van der Waals surface area contributed by atoms with Crippen LogP contribution >= 0.6 is 11.6 Å². The maximum Gasteiger partial charge on any atom is 0.363 e. The number of carboxylic acids is 2. The summed E-state index contributed by atoms with van der Waals surface area (Å²) >= 11 is 6.54. The Bertz CT molecular complexity index is 1440. The normalized spacial score (nSPS) is 26.3. The Labute approximate surface area is 255 Å². The van der Waals surface area contributed by atoms with Gasteiger partial charge in [-0.2, -0.15) is 0 Å². The monoisotopic (exact) mass is 617 g/mol. The maximum atomic E-state index is 14.6. The second-order valence-corrected chi connectivity index (χ2v) is 12.6. The van der Waals surface area contributed by atoms with Gasteiger partial charge in [0.25, 0.3) is 0 Å². The van der Waals surface area contributed by atoms with Gasteiger partial charge in [0.05, 0.1) is 38.2 Å². The smallest absolute Gasteiger partial charge is 0.363 e. The predicted octanol–water partition coefficient (Wildman–Crippen LogP) is 4.34. The number of carbonyl (C=O) groups is 4. The van der Waals surface area contributed by atoms with Gasteiger partial charge in [0, 0.05) is 22.1 Å². The number of aliphatic carboxylic acids is 2. The fraction of sp³-hybridized carbons (Fsp3) is 0.484. The van der Waals surface area contributed by atoms with E-state index < -0.39 is 64.2 Å². The van der Waals surface area contributed by atoms with Crippen LogP contribution in [0.4, 0.5) is 5.69 Å². The average Bonchev–Trinajstić information content (AvgIpc) is 3.04. The van der Waals surface area contributed by atoms with E-state index in [1.54, 1.807) is 36.4 Å². The molecule has 0 spiro atoms. The van der Waals surface area contributed by atoms with Gasteiger partial charge in [-0.05, 0) is 31.5 Å². The summed E-state index contributed by atoms with van der Waals surface area (Å²) in [5.41, 5.74) is 0.922. The van der Waals surface area contributed by atoms with E-state index in [4.69, 9.17) is 25.8 Å². The van der Waals surface area contributed by atoms with Gasteiger partial charge in [0.2, 0.25) is 0 Å². The second kappa shape index (κ2) is 12.2. The molecule has 4 rings (SSSR count). The Morgan fingerprint density at radius 2 is 1.77 bits per heavy atom. The molecule has 0 radical (unpaired) electrons. The van der Waals surface area contributed by atoms with E-state index in [2.05, 4.69) is 0 Å². The van der Waals surface area contributed by atoms with Gasteiger partial charge in [-0.3, -0.25) is 14.4 Å². The molecule has 0 aromatic heterocycles. The van der Waals surface area contributed by atoms with E-state index in [-0.39, 0.29) is 19.5 Å². The number of ketones is 1. The van der Waals surface area contributed by atoms with Crippen molar-refractivity contribution in [2.45, 2.75) is 46.3 Å². The van der Waals surface area contributed by atoms with Gasteiger partial charge in [0.1, 0.15) is 18.4 Å². The topological polar surface area (TPSA) is 140 Å². The fourth-order valence-corrected chi connectivity index (χ4v) is 6.79. The minimum atomic E-state index is -1.61. The van der Waals surface area contributed by atoms with Gasteiger partial charge in [-0.15, -0.1) is 9.60 Å². The summed E-state index contributed by atoms with van der Waals surface area (Å²) in [7, 11) is 3.00. The number of hydrogen-bond acceptors (Lipinski definition) is 8. The van der Waals surface area contributed by atoms with Crippen LogP contribution in [-0.4, -0.2) is 78.8 Å². The number of halogens is 1. The lowest BCUT2D eigenvalue weighted by Gasteiger charge is -2.51. The number of hydrogen-bond donors (Lipinski definition) is 2. The van der Waals surface area contributed by atoms with Crippen LogP contribution < -0.4 is 14.1 Å². The fourth-order valence-electron chi connectivity index (χ4n) is 6.61. The molecule has 2 aromatic rings. The third-order valence-electron chi connectivity index (χ3n) is 8.12. The van der Waals surface area contributed by atoms with Crippen LogP contribution in [0.3, 0.4) is 0 Å². The van der Waals surface area contributed by atoms with Crippen LogP contribution in [0, 0.1) is 17.3 Å². The summed E-state index contributed by atoms with van der Waals surface area (Å²) in [6.07, 6.45) is -0.899. The first-order valence-electron chi connectivity index (χ1n) is 13.9. The number of quaternary nitrogens is 1. The number of Topliss-reactive ketones (excluding diaryl/α,β-unsaturated/α-hetero) is 1. The van der Waals surface area contributed by atoms with E-state index in [0.29, 0.717) is 33.3 Å². The summed E-state index contributed by atoms with van der Waals surface area (Å²) < 4.78 is 16.9. The molecule has 11 nitrogen and oxygen atoms in total. The van der Waals surface area contributed by atoms with Crippen LogP contribution in [0.1, 0.15) is 51.3 Å². The maximum absolute atomic E-state index is 14.6. The largest absolute Gasteiger partial charge is 0.493 e. The van der Waals surface area contributed by atoms with Crippen molar-refractivity contribution in [3.05, 3.63) is 52.5 Å². The zero-order valence-corrected chi connectivity index (χ0v) is 25.9. The molecule has 0 bridgehead atoms. The molecule has 12 heteroatoms. The number of fused-ring (bicyclic) bond motifs is 1. The summed E-state index contributed by atoms with van der Waals surface area (Å²) in [5.74, 6) is -5.45. The number of benzene rings is 2.